The monoisotopic (exact) mass is 341 g/mol. The zero-order valence-corrected chi connectivity index (χ0v) is 15.3. The third-order valence-electron chi connectivity index (χ3n) is 5.98. The fraction of sp³-hybridized carbons (Fsp3) is 0.571. The number of nitrogens with zero attached hydrogens (tertiary/aromatic N) is 1. The standard InChI is InChI=1S/C21H27NO3/c1-14-8-10-15(11-9-14)12-19(23)22-20-16-6-4-5-7-18(16)24-13-17(20)21(2,3)25-22/h4-7,12,14,17,20H,8-11,13H2,1-3H3/t14?,17-,20+/m0/s1. The molecule has 0 aromatic heterocycles. The van der Waals surface area contributed by atoms with Crippen molar-refractivity contribution < 1.29 is 14.4 Å². The minimum absolute atomic E-state index is 0.0261. The molecule has 2 aliphatic heterocycles. The second-order valence-corrected chi connectivity index (χ2v) is 8.24. The largest absolute Gasteiger partial charge is 0.493 e. The van der Waals surface area contributed by atoms with E-state index in [1.165, 1.54) is 18.4 Å². The molecule has 25 heavy (non-hydrogen) atoms. The number of carbonyl (C=O) groups is 1. The van der Waals surface area contributed by atoms with Crippen LogP contribution in [0.15, 0.2) is 35.9 Å². The lowest BCUT2D eigenvalue weighted by atomic mass is 9.81. The number of carbonyl (C=O) groups excluding carboxylic acids is 1. The molecule has 0 radical (unpaired) electrons. The maximum Gasteiger partial charge on any atom is 0.270 e. The highest BCUT2D eigenvalue weighted by Gasteiger charge is 2.53. The zero-order valence-electron chi connectivity index (χ0n) is 15.3. The van der Waals surface area contributed by atoms with Gasteiger partial charge in [-0.05, 0) is 51.5 Å². The van der Waals surface area contributed by atoms with Crippen molar-refractivity contribution in [1.82, 2.24) is 5.06 Å². The molecule has 2 atom stereocenters. The van der Waals surface area contributed by atoms with E-state index >= 15 is 0 Å². The lowest BCUT2D eigenvalue weighted by molar-refractivity contribution is -0.200. The van der Waals surface area contributed by atoms with Gasteiger partial charge in [0.25, 0.3) is 5.91 Å². The molecule has 0 N–H and O–H groups in total. The Labute approximate surface area is 149 Å². The fourth-order valence-electron chi connectivity index (χ4n) is 4.29. The quantitative estimate of drug-likeness (QED) is 0.710. The molecule has 1 saturated carbocycles. The first kappa shape index (κ1) is 16.6. The number of fused-ring (bicyclic) bond motifs is 3. The second kappa shape index (κ2) is 6.17. The number of hydrogen-bond donors (Lipinski definition) is 0. The summed E-state index contributed by atoms with van der Waals surface area (Å²) < 4.78 is 5.93. The van der Waals surface area contributed by atoms with Crippen molar-refractivity contribution in [1.29, 1.82) is 0 Å². The molecule has 3 aliphatic rings. The normalized spacial score (nSPS) is 30.3. The van der Waals surface area contributed by atoms with Gasteiger partial charge in [-0.15, -0.1) is 0 Å². The third kappa shape index (κ3) is 2.97. The Bertz CT molecular complexity index is 699. The van der Waals surface area contributed by atoms with Gasteiger partial charge in [0.1, 0.15) is 5.75 Å². The number of hydroxylamine groups is 2. The molecule has 4 rings (SSSR count). The minimum atomic E-state index is -0.423. The smallest absolute Gasteiger partial charge is 0.270 e. The van der Waals surface area contributed by atoms with Gasteiger partial charge in [-0.2, -0.15) is 0 Å². The summed E-state index contributed by atoms with van der Waals surface area (Å²) in [5.41, 5.74) is 1.88. The number of amides is 1. The molecule has 1 aromatic carbocycles. The van der Waals surface area contributed by atoms with E-state index in [-0.39, 0.29) is 17.9 Å². The average molecular weight is 341 g/mol. The van der Waals surface area contributed by atoms with Crippen LogP contribution in [-0.4, -0.2) is 23.2 Å². The highest BCUT2D eigenvalue weighted by Crippen LogP contribution is 2.50. The Morgan fingerprint density at radius 1 is 1.24 bits per heavy atom. The summed E-state index contributed by atoms with van der Waals surface area (Å²) in [5, 5.41) is 1.61. The predicted octanol–water partition coefficient (Wildman–Crippen LogP) is 4.43. The Morgan fingerprint density at radius 3 is 2.72 bits per heavy atom. The van der Waals surface area contributed by atoms with Gasteiger partial charge in [0, 0.05) is 11.6 Å². The molecular formula is C21H27NO3. The third-order valence-corrected chi connectivity index (χ3v) is 5.98. The Hall–Kier alpha value is -1.81. The number of rotatable bonds is 1. The van der Waals surface area contributed by atoms with Crippen LogP contribution in [0, 0.1) is 11.8 Å². The van der Waals surface area contributed by atoms with Crippen LogP contribution < -0.4 is 4.74 Å². The SMILES string of the molecule is CC1CCC(=CC(=O)N2OC(C)(C)[C@H]3COc4ccccc4[C@H]32)CC1. The van der Waals surface area contributed by atoms with Gasteiger partial charge >= 0.3 is 0 Å². The lowest BCUT2D eigenvalue weighted by Gasteiger charge is -2.32. The van der Waals surface area contributed by atoms with Gasteiger partial charge in [-0.25, -0.2) is 5.06 Å². The van der Waals surface area contributed by atoms with E-state index in [1.807, 2.05) is 44.2 Å². The van der Waals surface area contributed by atoms with Gasteiger partial charge in [0.05, 0.1) is 24.2 Å². The number of allylic oxidation sites excluding steroid dienone is 1. The van der Waals surface area contributed by atoms with Gasteiger partial charge < -0.3 is 4.74 Å². The molecule has 134 valence electrons. The molecule has 1 saturated heterocycles. The maximum absolute atomic E-state index is 13.0. The Morgan fingerprint density at radius 2 is 1.96 bits per heavy atom. The number of benzene rings is 1. The molecule has 1 amide bonds. The van der Waals surface area contributed by atoms with E-state index in [0.717, 1.165) is 30.1 Å². The molecule has 2 heterocycles. The van der Waals surface area contributed by atoms with Crippen LogP contribution in [0.1, 0.15) is 58.1 Å². The first-order valence-corrected chi connectivity index (χ1v) is 9.39. The van der Waals surface area contributed by atoms with Crippen LogP contribution in [0.4, 0.5) is 0 Å². The van der Waals surface area contributed by atoms with Crippen LogP contribution in [0.3, 0.4) is 0 Å². The van der Waals surface area contributed by atoms with Gasteiger partial charge in [0.2, 0.25) is 0 Å². The minimum Gasteiger partial charge on any atom is -0.493 e. The summed E-state index contributed by atoms with van der Waals surface area (Å²) in [4.78, 5) is 19.2. The van der Waals surface area contributed by atoms with Gasteiger partial charge in [-0.1, -0.05) is 30.7 Å². The fourth-order valence-corrected chi connectivity index (χ4v) is 4.29. The summed E-state index contributed by atoms with van der Waals surface area (Å²) in [6.45, 7) is 6.95. The van der Waals surface area contributed by atoms with Crippen molar-refractivity contribution in [2.24, 2.45) is 11.8 Å². The van der Waals surface area contributed by atoms with E-state index in [4.69, 9.17) is 9.57 Å². The highest BCUT2D eigenvalue weighted by atomic mass is 16.7. The summed E-state index contributed by atoms with van der Waals surface area (Å²) in [7, 11) is 0. The topological polar surface area (TPSA) is 38.8 Å². The first-order valence-electron chi connectivity index (χ1n) is 9.39. The van der Waals surface area contributed by atoms with E-state index < -0.39 is 5.60 Å². The summed E-state index contributed by atoms with van der Waals surface area (Å²) in [5.74, 6) is 1.74. The predicted molar refractivity (Wildman–Crippen MR) is 95.9 cm³/mol. The van der Waals surface area contributed by atoms with Crippen molar-refractivity contribution >= 4 is 5.91 Å². The molecule has 2 fully saturated rings. The number of para-hydroxylation sites is 1. The van der Waals surface area contributed by atoms with E-state index in [2.05, 4.69) is 6.92 Å². The maximum atomic E-state index is 13.0. The molecule has 0 bridgehead atoms. The van der Waals surface area contributed by atoms with E-state index in [0.29, 0.717) is 6.61 Å². The van der Waals surface area contributed by atoms with Crippen LogP contribution in [0.5, 0.6) is 5.75 Å². The van der Waals surface area contributed by atoms with E-state index in [9.17, 15) is 4.79 Å². The number of hydrogen-bond acceptors (Lipinski definition) is 3. The van der Waals surface area contributed by atoms with Crippen molar-refractivity contribution in [3.05, 3.63) is 41.5 Å². The van der Waals surface area contributed by atoms with Gasteiger partial charge in [-0.3, -0.25) is 9.63 Å². The van der Waals surface area contributed by atoms with Crippen molar-refractivity contribution in [2.45, 2.75) is 58.1 Å². The van der Waals surface area contributed by atoms with Crippen molar-refractivity contribution in [2.75, 3.05) is 6.61 Å². The van der Waals surface area contributed by atoms with Crippen LogP contribution in [-0.2, 0) is 9.63 Å². The van der Waals surface area contributed by atoms with Crippen LogP contribution in [0.2, 0.25) is 0 Å². The second-order valence-electron chi connectivity index (χ2n) is 8.24. The van der Waals surface area contributed by atoms with Crippen molar-refractivity contribution in [3.8, 4) is 5.75 Å². The molecular weight excluding hydrogens is 314 g/mol. The van der Waals surface area contributed by atoms with Crippen molar-refractivity contribution in [3.63, 3.8) is 0 Å². The Kier molecular flexibility index (Phi) is 4.11. The molecule has 0 spiro atoms. The Balaban J connectivity index is 1.63. The first-order chi connectivity index (χ1) is 12.0. The number of ether oxygens (including phenoxy) is 1. The molecule has 1 aliphatic carbocycles. The highest BCUT2D eigenvalue weighted by molar-refractivity contribution is 5.88. The van der Waals surface area contributed by atoms with E-state index in [1.54, 1.807) is 5.06 Å². The zero-order chi connectivity index (χ0) is 17.6. The summed E-state index contributed by atoms with van der Waals surface area (Å²) >= 11 is 0. The summed E-state index contributed by atoms with van der Waals surface area (Å²) in [6, 6.07) is 7.91. The van der Waals surface area contributed by atoms with Crippen LogP contribution >= 0.6 is 0 Å². The van der Waals surface area contributed by atoms with Crippen LogP contribution in [0.25, 0.3) is 0 Å². The molecule has 1 aromatic rings. The lowest BCUT2D eigenvalue weighted by Crippen LogP contribution is -2.37. The average Bonchev–Trinajstić information content (AvgIpc) is 2.89. The summed E-state index contributed by atoms with van der Waals surface area (Å²) in [6.07, 6.45) is 6.22. The molecule has 4 nitrogen and oxygen atoms in total. The molecule has 0 unspecified atom stereocenters. The molecule has 4 heteroatoms. The van der Waals surface area contributed by atoms with Gasteiger partial charge in [0.15, 0.2) is 0 Å².